The van der Waals surface area contributed by atoms with E-state index in [1.807, 2.05) is 12.1 Å². The van der Waals surface area contributed by atoms with Gasteiger partial charge >= 0.3 is 5.97 Å². The standard InChI is InChI=1S/C23H25Cl2NO4/c1-14-12-23(21(27)28,30-26-14)20(16-7-10-18(24)19(25)11-16)29-13-15-5-8-17(9-6-15)22(2,3)4/h5-11,20H,12-13H2,1-4H3,(H,27,28). The second kappa shape index (κ2) is 8.58. The predicted molar refractivity (Wildman–Crippen MR) is 118 cm³/mol. The van der Waals surface area contributed by atoms with E-state index in [1.165, 1.54) is 5.56 Å². The number of hydrogen-bond acceptors (Lipinski definition) is 4. The molecule has 0 aliphatic carbocycles. The maximum atomic E-state index is 12.3. The van der Waals surface area contributed by atoms with Crippen LogP contribution in [0.1, 0.15) is 56.9 Å². The molecule has 160 valence electrons. The Morgan fingerprint density at radius 2 is 1.87 bits per heavy atom. The number of carbonyl (C=O) groups is 1. The number of aliphatic carboxylic acids is 1. The van der Waals surface area contributed by atoms with Gasteiger partial charge < -0.3 is 14.7 Å². The molecule has 30 heavy (non-hydrogen) atoms. The van der Waals surface area contributed by atoms with E-state index >= 15 is 0 Å². The number of ether oxygens (including phenoxy) is 1. The molecule has 2 unspecified atom stereocenters. The maximum Gasteiger partial charge on any atom is 0.354 e. The van der Waals surface area contributed by atoms with E-state index in [2.05, 4.69) is 38.1 Å². The van der Waals surface area contributed by atoms with Crippen molar-refractivity contribution in [2.75, 3.05) is 0 Å². The summed E-state index contributed by atoms with van der Waals surface area (Å²) in [5, 5.41) is 14.6. The first-order valence-electron chi connectivity index (χ1n) is 9.64. The Labute approximate surface area is 186 Å². The van der Waals surface area contributed by atoms with Crippen LogP contribution in [0.5, 0.6) is 0 Å². The molecule has 5 nitrogen and oxygen atoms in total. The lowest BCUT2D eigenvalue weighted by Crippen LogP contribution is -2.46. The third-order valence-electron chi connectivity index (χ3n) is 5.15. The van der Waals surface area contributed by atoms with Gasteiger partial charge in [0, 0.05) is 6.42 Å². The van der Waals surface area contributed by atoms with Crippen molar-refractivity contribution in [1.29, 1.82) is 0 Å². The molecule has 0 radical (unpaired) electrons. The van der Waals surface area contributed by atoms with Crippen molar-refractivity contribution in [3.05, 3.63) is 69.2 Å². The van der Waals surface area contributed by atoms with Crippen LogP contribution in [0.3, 0.4) is 0 Å². The first-order valence-corrected chi connectivity index (χ1v) is 10.4. The molecular weight excluding hydrogens is 425 g/mol. The van der Waals surface area contributed by atoms with E-state index in [0.717, 1.165) is 5.56 Å². The summed E-state index contributed by atoms with van der Waals surface area (Å²) in [7, 11) is 0. The minimum atomic E-state index is -1.67. The molecule has 2 aromatic carbocycles. The highest BCUT2D eigenvalue weighted by molar-refractivity contribution is 6.42. The summed E-state index contributed by atoms with van der Waals surface area (Å²) in [5.41, 5.74) is 1.64. The molecule has 1 aliphatic rings. The fourth-order valence-electron chi connectivity index (χ4n) is 3.43. The summed E-state index contributed by atoms with van der Waals surface area (Å²) < 4.78 is 6.15. The van der Waals surface area contributed by atoms with Gasteiger partial charge in [-0.2, -0.15) is 0 Å². The molecule has 2 aromatic rings. The zero-order valence-corrected chi connectivity index (χ0v) is 18.9. The third-order valence-corrected chi connectivity index (χ3v) is 5.89. The molecule has 1 aliphatic heterocycles. The van der Waals surface area contributed by atoms with E-state index in [0.29, 0.717) is 21.3 Å². The first kappa shape index (κ1) is 22.6. The van der Waals surface area contributed by atoms with Gasteiger partial charge in [0.15, 0.2) is 0 Å². The van der Waals surface area contributed by atoms with Crippen molar-refractivity contribution >= 4 is 34.9 Å². The Balaban J connectivity index is 1.92. The Bertz CT molecular complexity index is 966. The highest BCUT2D eigenvalue weighted by Crippen LogP contribution is 2.41. The number of hydrogen-bond donors (Lipinski definition) is 1. The Morgan fingerprint density at radius 3 is 2.37 bits per heavy atom. The van der Waals surface area contributed by atoms with Crippen LogP contribution >= 0.6 is 23.2 Å². The smallest absolute Gasteiger partial charge is 0.354 e. The normalized spacial score (nSPS) is 19.9. The topological polar surface area (TPSA) is 68.1 Å². The molecule has 0 saturated carbocycles. The van der Waals surface area contributed by atoms with Gasteiger partial charge in [-0.25, -0.2) is 4.79 Å². The molecule has 1 N–H and O–H groups in total. The van der Waals surface area contributed by atoms with Crippen molar-refractivity contribution in [3.63, 3.8) is 0 Å². The lowest BCUT2D eigenvalue weighted by atomic mass is 9.86. The summed E-state index contributed by atoms with van der Waals surface area (Å²) in [6.45, 7) is 8.37. The summed E-state index contributed by atoms with van der Waals surface area (Å²) >= 11 is 12.2. The minimum Gasteiger partial charge on any atom is -0.478 e. The van der Waals surface area contributed by atoms with Crippen LogP contribution in [-0.4, -0.2) is 22.4 Å². The van der Waals surface area contributed by atoms with E-state index in [1.54, 1.807) is 25.1 Å². The molecular formula is C23H25Cl2NO4. The van der Waals surface area contributed by atoms with Crippen molar-refractivity contribution in [3.8, 4) is 0 Å². The summed E-state index contributed by atoms with van der Waals surface area (Å²) in [6, 6.07) is 13.0. The minimum absolute atomic E-state index is 0.0435. The molecule has 1 heterocycles. The van der Waals surface area contributed by atoms with E-state index in [9.17, 15) is 9.90 Å². The van der Waals surface area contributed by atoms with Crippen molar-refractivity contribution in [2.24, 2.45) is 5.16 Å². The van der Waals surface area contributed by atoms with Crippen molar-refractivity contribution in [1.82, 2.24) is 0 Å². The van der Waals surface area contributed by atoms with Crippen molar-refractivity contribution in [2.45, 2.75) is 57.8 Å². The number of carboxylic acid groups (broad SMARTS) is 1. The van der Waals surface area contributed by atoms with Gasteiger partial charge in [-0.05, 0) is 41.2 Å². The molecule has 3 rings (SSSR count). The van der Waals surface area contributed by atoms with Crippen LogP contribution < -0.4 is 0 Å². The van der Waals surface area contributed by atoms with Gasteiger partial charge in [-0.15, -0.1) is 0 Å². The van der Waals surface area contributed by atoms with Crippen LogP contribution in [0.4, 0.5) is 0 Å². The average Bonchev–Trinajstić information content (AvgIpc) is 3.07. The van der Waals surface area contributed by atoms with Gasteiger partial charge in [-0.1, -0.05) is 79.5 Å². The number of benzene rings is 2. The average molecular weight is 450 g/mol. The van der Waals surface area contributed by atoms with Gasteiger partial charge in [-0.3, -0.25) is 0 Å². The van der Waals surface area contributed by atoms with Crippen LogP contribution in [0.2, 0.25) is 10.0 Å². The largest absolute Gasteiger partial charge is 0.478 e. The fraction of sp³-hybridized carbons (Fsp3) is 0.391. The van der Waals surface area contributed by atoms with Gasteiger partial charge in [0.05, 0.1) is 22.4 Å². The molecule has 0 amide bonds. The number of nitrogens with zero attached hydrogens (tertiary/aromatic N) is 1. The first-order chi connectivity index (χ1) is 14.0. The summed E-state index contributed by atoms with van der Waals surface area (Å²) in [4.78, 5) is 17.7. The van der Waals surface area contributed by atoms with Gasteiger partial charge in [0.25, 0.3) is 5.60 Å². The number of rotatable bonds is 6. The number of oxime groups is 1. The quantitative estimate of drug-likeness (QED) is 0.572. The highest BCUT2D eigenvalue weighted by Gasteiger charge is 2.54. The van der Waals surface area contributed by atoms with Crippen molar-refractivity contribution < 1.29 is 19.5 Å². The monoisotopic (exact) mass is 449 g/mol. The second-order valence-corrected chi connectivity index (χ2v) is 9.42. The van der Waals surface area contributed by atoms with E-state index < -0.39 is 17.7 Å². The van der Waals surface area contributed by atoms with Crippen LogP contribution in [0.15, 0.2) is 47.6 Å². The zero-order valence-electron chi connectivity index (χ0n) is 17.4. The zero-order chi connectivity index (χ0) is 22.1. The summed E-state index contributed by atoms with van der Waals surface area (Å²) in [5.74, 6) is -1.15. The lowest BCUT2D eigenvalue weighted by molar-refractivity contribution is -0.187. The molecule has 2 atom stereocenters. The van der Waals surface area contributed by atoms with Crippen LogP contribution in [0, 0.1) is 0 Å². The fourth-order valence-corrected chi connectivity index (χ4v) is 3.73. The van der Waals surface area contributed by atoms with E-state index in [-0.39, 0.29) is 18.4 Å². The second-order valence-electron chi connectivity index (χ2n) is 8.60. The molecule has 0 spiro atoms. The Kier molecular flexibility index (Phi) is 6.46. The Morgan fingerprint density at radius 1 is 1.20 bits per heavy atom. The Hall–Kier alpha value is -2.08. The summed E-state index contributed by atoms with van der Waals surface area (Å²) in [6.07, 6.45) is -0.829. The molecule has 0 bridgehead atoms. The predicted octanol–water partition coefficient (Wildman–Crippen LogP) is 6.17. The molecule has 0 saturated heterocycles. The lowest BCUT2D eigenvalue weighted by Gasteiger charge is -2.31. The van der Waals surface area contributed by atoms with E-state index in [4.69, 9.17) is 32.8 Å². The molecule has 0 fully saturated rings. The maximum absolute atomic E-state index is 12.3. The molecule has 0 aromatic heterocycles. The van der Waals surface area contributed by atoms with Crippen LogP contribution in [-0.2, 0) is 26.4 Å². The SMILES string of the molecule is CC1=NOC(C(=O)O)(C(OCc2ccc(C(C)(C)C)cc2)c2ccc(Cl)c(Cl)c2)C1. The third kappa shape index (κ3) is 4.64. The number of carboxylic acids is 1. The highest BCUT2D eigenvalue weighted by atomic mass is 35.5. The molecule has 7 heteroatoms. The van der Waals surface area contributed by atoms with Gasteiger partial charge in [0.2, 0.25) is 0 Å². The van der Waals surface area contributed by atoms with Crippen LogP contribution in [0.25, 0.3) is 0 Å². The number of halogens is 2. The van der Waals surface area contributed by atoms with Gasteiger partial charge in [0.1, 0.15) is 6.10 Å².